The van der Waals surface area contributed by atoms with Crippen molar-refractivity contribution < 1.29 is 4.74 Å². The molecule has 0 aromatic carbocycles. The van der Waals surface area contributed by atoms with Crippen molar-refractivity contribution in [3.8, 4) is 0 Å². The second kappa shape index (κ2) is 11.0. The third-order valence-electron chi connectivity index (χ3n) is 3.32. The lowest BCUT2D eigenvalue weighted by Crippen LogP contribution is -2.18. The summed E-state index contributed by atoms with van der Waals surface area (Å²) in [6.07, 6.45) is 6.24. The van der Waals surface area contributed by atoms with Gasteiger partial charge in [-0.25, -0.2) is 0 Å². The largest absolute Gasteiger partial charge is 0.380 e. The molecule has 0 aliphatic rings. The van der Waals surface area contributed by atoms with Crippen LogP contribution in [0.2, 0.25) is 0 Å². The van der Waals surface area contributed by atoms with Crippen molar-refractivity contribution in [2.75, 3.05) is 33.9 Å². The van der Waals surface area contributed by atoms with E-state index in [1.165, 1.54) is 5.57 Å². The zero-order valence-electron chi connectivity index (χ0n) is 13.1. The van der Waals surface area contributed by atoms with Crippen molar-refractivity contribution in [1.29, 1.82) is 0 Å². The zero-order chi connectivity index (χ0) is 14.7. The minimum atomic E-state index is 0.578. The number of ether oxygens (including phenoxy) is 1. The maximum Gasteiger partial charge on any atom is 0.0593 e. The fourth-order valence-corrected chi connectivity index (χ4v) is 1.88. The minimum Gasteiger partial charge on any atom is -0.380 e. The topological polar surface area (TPSA) is 12.5 Å². The minimum absolute atomic E-state index is 0.578. The van der Waals surface area contributed by atoms with E-state index in [1.807, 2.05) is 6.08 Å². The van der Waals surface area contributed by atoms with Crippen LogP contribution in [0.4, 0.5) is 0 Å². The first kappa shape index (κ1) is 18.1. The highest BCUT2D eigenvalue weighted by atomic mass is 16.5. The third-order valence-corrected chi connectivity index (χ3v) is 3.32. The smallest absolute Gasteiger partial charge is 0.0593 e. The van der Waals surface area contributed by atoms with Crippen LogP contribution in [0.3, 0.4) is 0 Å². The second-order valence-electron chi connectivity index (χ2n) is 5.50. The molecule has 0 aromatic rings. The first-order valence-electron chi connectivity index (χ1n) is 7.15. The van der Waals surface area contributed by atoms with Crippen LogP contribution in [0.1, 0.15) is 32.6 Å². The summed E-state index contributed by atoms with van der Waals surface area (Å²) in [5.74, 6) is 0.578. The molecule has 0 saturated heterocycles. The highest BCUT2D eigenvalue weighted by Gasteiger charge is 2.09. The average molecular weight is 265 g/mol. The van der Waals surface area contributed by atoms with E-state index in [-0.39, 0.29) is 0 Å². The molecule has 0 bridgehead atoms. The van der Waals surface area contributed by atoms with Gasteiger partial charge < -0.3 is 9.64 Å². The van der Waals surface area contributed by atoms with E-state index in [0.29, 0.717) is 5.92 Å². The second-order valence-corrected chi connectivity index (χ2v) is 5.50. The van der Waals surface area contributed by atoms with Gasteiger partial charge in [0.1, 0.15) is 0 Å². The van der Waals surface area contributed by atoms with Crippen LogP contribution < -0.4 is 0 Å². The van der Waals surface area contributed by atoms with Crippen LogP contribution in [0.25, 0.3) is 0 Å². The summed E-state index contributed by atoms with van der Waals surface area (Å²) in [4.78, 5) is 2.14. The summed E-state index contributed by atoms with van der Waals surface area (Å²) in [5, 5.41) is 0. The van der Waals surface area contributed by atoms with Crippen LogP contribution in [0, 0.1) is 5.92 Å². The van der Waals surface area contributed by atoms with E-state index in [4.69, 9.17) is 4.74 Å². The molecule has 0 heterocycles. The summed E-state index contributed by atoms with van der Waals surface area (Å²) in [6, 6.07) is 0. The fraction of sp³-hybridized carbons (Fsp3) is 0.647. The molecule has 0 saturated carbocycles. The summed E-state index contributed by atoms with van der Waals surface area (Å²) < 4.78 is 5.62. The van der Waals surface area contributed by atoms with Crippen LogP contribution in [0.5, 0.6) is 0 Å². The highest BCUT2D eigenvalue weighted by Crippen LogP contribution is 2.23. The van der Waals surface area contributed by atoms with Gasteiger partial charge in [0.05, 0.1) is 6.61 Å². The van der Waals surface area contributed by atoms with E-state index in [1.54, 1.807) is 0 Å². The molecule has 0 fully saturated rings. The lowest BCUT2D eigenvalue weighted by Gasteiger charge is -2.17. The van der Waals surface area contributed by atoms with Crippen LogP contribution in [0.15, 0.2) is 37.0 Å². The van der Waals surface area contributed by atoms with Gasteiger partial charge >= 0.3 is 0 Å². The quantitative estimate of drug-likeness (QED) is 0.300. The highest BCUT2D eigenvalue weighted by molar-refractivity contribution is 5.11. The molecule has 0 N–H and O–H groups in total. The third kappa shape index (κ3) is 10.7. The van der Waals surface area contributed by atoms with E-state index in [2.05, 4.69) is 45.7 Å². The molecule has 1 atom stereocenters. The first-order valence-corrected chi connectivity index (χ1v) is 7.15. The lowest BCUT2D eigenvalue weighted by molar-refractivity contribution is 0.112. The van der Waals surface area contributed by atoms with Crippen molar-refractivity contribution >= 4 is 0 Å². The molecule has 0 radical (unpaired) electrons. The monoisotopic (exact) mass is 265 g/mol. The van der Waals surface area contributed by atoms with E-state index in [0.717, 1.165) is 51.0 Å². The molecule has 0 aliphatic heterocycles. The number of nitrogens with zero attached hydrogens (tertiary/aromatic N) is 1. The standard InChI is InChI=1S/C17H31NO/c1-7-16(4)10-11-17(15(2)3)9-8-13-19-14-12-18(5)6/h7,17H,1-2,4,8-14H2,3,5-6H3. The first-order chi connectivity index (χ1) is 8.97. The Kier molecular flexibility index (Phi) is 10.5. The summed E-state index contributed by atoms with van der Waals surface area (Å²) in [6.45, 7) is 16.6. The van der Waals surface area contributed by atoms with E-state index in [9.17, 15) is 0 Å². The predicted octanol–water partition coefficient (Wildman–Crippen LogP) is 4.06. The Hall–Kier alpha value is -0.860. The molecular weight excluding hydrogens is 234 g/mol. The Morgan fingerprint density at radius 2 is 1.89 bits per heavy atom. The number of hydrogen-bond acceptors (Lipinski definition) is 2. The molecule has 0 aliphatic carbocycles. The van der Waals surface area contributed by atoms with Gasteiger partial charge in [0.15, 0.2) is 0 Å². The van der Waals surface area contributed by atoms with Crippen molar-refractivity contribution in [2.24, 2.45) is 5.92 Å². The van der Waals surface area contributed by atoms with Crippen molar-refractivity contribution in [3.05, 3.63) is 37.0 Å². The lowest BCUT2D eigenvalue weighted by atomic mass is 9.90. The van der Waals surface area contributed by atoms with Gasteiger partial charge in [-0.1, -0.05) is 37.0 Å². The van der Waals surface area contributed by atoms with Gasteiger partial charge in [-0.15, -0.1) is 0 Å². The van der Waals surface area contributed by atoms with Crippen LogP contribution in [-0.4, -0.2) is 38.8 Å². The van der Waals surface area contributed by atoms with E-state index < -0.39 is 0 Å². The molecule has 0 amide bonds. The normalized spacial score (nSPS) is 12.4. The molecule has 2 heteroatoms. The van der Waals surface area contributed by atoms with Crippen molar-refractivity contribution in [2.45, 2.75) is 32.6 Å². The molecular formula is C17H31NO. The maximum absolute atomic E-state index is 5.62. The van der Waals surface area contributed by atoms with Gasteiger partial charge in [-0.3, -0.25) is 0 Å². The van der Waals surface area contributed by atoms with Crippen LogP contribution >= 0.6 is 0 Å². The molecule has 0 aromatic heterocycles. The summed E-state index contributed by atoms with van der Waals surface area (Å²) in [5.41, 5.74) is 2.39. The number of likely N-dealkylation sites (N-methyl/N-ethyl adjacent to an activating group) is 1. The molecule has 0 rings (SSSR count). The number of allylic oxidation sites excluding steroid dienone is 3. The van der Waals surface area contributed by atoms with Gasteiger partial charge in [0.2, 0.25) is 0 Å². The summed E-state index contributed by atoms with van der Waals surface area (Å²) >= 11 is 0. The molecule has 1 unspecified atom stereocenters. The van der Waals surface area contributed by atoms with E-state index >= 15 is 0 Å². The Labute approximate surface area is 119 Å². The van der Waals surface area contributed by atoms with Gasteiger partial charge in [-0.2, -0.15) is 0 Å². The Balaban J connectivity index is 3.74. The maximum atomic E-state index is 5.62. The van der Waals surface area contributed by atoms with Crippen molar-refractivity contribution in [3.63, 3.8) is 0 Å². The molecule has 0 spiro atoms. The Morgan fingerprint density at radius 1 is 1.21 bits per heavy atom. The van der Waals surface area contributed by atoms with Crippen LogP contribution in [-0.2, 0) is 4.74 Å². The zero-order valence-corrected chi connectivity index (χ0v) is 13.1. The van der Waals surface area contributed by atoms with Gasteiger partial charge in [0.25, 0.3) is 0 Å². The molecule has 19 heavy (non-hydrogen) atoms. The molecule has 2 nitrogen and oxygen atoms in total. The molecule has 110 valence electrons. The SMILES string of the molecule is C=CC(=C)CCC(CCCOCCN(C)C)C(=C)C. The summed E-state index contributed by atoms with van der Waals surface area (Å²) in [7, 11) is 4.12. The number of hydrogen-bond donors (Lipinski definition) is 0. The number of rotatable bonds is 12. The average Bonchev–Trinajstić information content (AvgIpc) is 2.35. The Bertz CT molecular complexity index is 281. The predicted molar refractivity (Wildman–Crippen MR) is 85.5 cm³/mol. The Morgan fingerprint density at radius 3 is 2.42 bits per heavy atom. The fourth-order valence-electron chi connectivity index (χ4n) is 1.88. The van der Waals surface area contributed by atoms with Crippen molar-refractivity contribution in [1.82, 2.24) is 4.90 Å². The van der Waals surface area contributed by atoms with Gasteiger partial charge in [-0.05, 0) is 52.6 Å². The van der Waals surface area contributed by atoms with Gasteiger partial charge in [0, 0.05) is 13.2 Å².